The van der Waals surface area contributed by atoms with Crippen molar-refractivity contribution in [2.24, 2.45) is 0 Å². The molecule has 0 saturated heterocycles. The number of anilines is 1. The first-order valence-corrected chi connectivity index (χ1v) is 6.82. The zero-order chi connectivity index (χ0) is 13.9. The molecular formula is C16H18N4. The summed E-state index contributed by atoms with van der Waals surface area (Å²) < 4.78 is 0. The third-order valence-corrected chi connectivity index (χ3v) is 3.45. The fourth-order valence-electron chi connectivity index (χ4n) is 2.52. The molecule has 0 atom stereocenters. The predicted octanol–water partition coefficient (Wildman–Crippen LogP) is 3.23. The number of rotatable bonds is 4. The quantitative estimate of drug-likeness (QED) is 0.762. The average molecular weight is 266 g/mol. The Bertz CT molecular complexity index is 730. The monoisotopic (exact) mass is 266 g/mol. The van der Waals surface area contributed by atoms with E-state index in [1.807, 2.05) is 6.92 Å². The molecule has 1 aromatic carbocycles. The summed E-state index contributed by atoms with van der Waals surface area (Å²) in [4.78, 5) is 11.9. The molecule has 2 N–H and O–H groups in total. The molecule has 0 aliphatic heterocycles. The third-order valence-electron chi connectivity index (χ3n) is 3.45. The minimum Gasteiger partial charge on any atom is -0.368 e. The van der Waals surface area contributed by atoms with Crippen molar-refractivity contribution in [1.29, 1.82) is 0 Å². The van der Waals surface area contributed by atoms with Crippen molar-refractivity contribution in [3.05, 3.63) is 53.6 Å². The molecule has 20 heavy (non-hydrogen) atoms. The summed E-state index contributed by atoms with van der Waals surface area (Å²) >= 11 is 0. The van der Waals surface area contributed by atoms with E-state index >= 15 is 0 Å². The van der Waals surface area contributed by atoms with Crippen LogP contribution < -0.4 is 5.32 Å². The van der Waals surface area contributed by atoms with Gasteiger partial charge in [0.25, 0.3) is 0 Å². The molecule has 3 aromatic rings. The molecule has 3 rings (SSSR count). The van der Waals surface area contributed by atoms with Crippen LogP contribution in [0.4, 0.5) is 5.82 Å². The lowest BCUT2D eigenvalue weighted by molar-refractivity contribution is 0.996. The lowest BCUT2D eigenvalue weighted by Crippen LogP contribution is -2.07. The van der Waals surface area contributed by atoms with Crippen LogP contribution in [0.2, 0.25) is 0 Å². The van der Waals surface area contributed by atoms with Crippen LogP contribution in [-0.4, -0.2) is 21.5 Å². The van der Waals surface area contributed by atoms with Crippen LogP contribution in [0.15, 0.2) is 36.8 Å². The number of H-pyrrole nitrogens is 1. The average Bonchev–Trinajstić information content (AvgIpc) is 2.84. The smallest absolute Gasteiger partial charge is 0.144 e. The molecular weight excluding hydrogens is 248 g/mol. The molecule has 4 nitrogen and oxygen atoms in total. The van der Waals surface area contributed by atoms with Gasteiger partial charge in [-0.3, -0.25) is 4.98 Å². The van der Waals surface area contributed by atoms with E-state index in [0.29, 0.717) is 0 Å². The van der Waals surface area contributed by atoms with Crippen molar-refractivity contribution in [3.63, 3.8) is 0 Å². The normalized spacial score (nSPS) is 10.9. The Morgan fingerprint density at radius 1 is 1.20 bits per heavy atom. The lowest BCUT2D eigenvalue weighted by atomic mass is 10.1. The van der Waals surface area contributed by atoms with E-state index < -0.39 is 0 Å². The highest BCUT2D eigenvalue weighted by Crippen LogP contribution is 2.22. The van der Waals surface area contributed by atoms with Gasteiger partial charge in [-0.2, -0.15) is 0 Å². The van der Waals surface area contributed by atoms with E-state index in [2.05, 4.69) is 51.6 Å². The Morgan fingerprint density at radius 2 is 2.10 bits per heavy atom. The maximum absolute atomic E-state index is 4.39. The Kier molecular flexibility index (Phi) is 3.37. The Morgan fingerprint density at radius 3 is 2.95 bits per heavy atom. The van der Waals surface area contributed by atoms with E-state index in [1.54, 1.807) is 12.4 Å². The minimum atomic E-state index is 0.835. The number of nitrogens with one attached hydrogen (secondary N) is 2. The van der Waals surface area contributed by atoms with Gasteiger partial charge in [-0.1, -0.05) is 12.1 Å². The molecule has 0 radical (unpaired) electrons. The Hall–Kier alpha value is -2.36. The molecule has 0 fully saturated rings. The Labute approximate surface area is 118 Å². The lowest BCUT2D eigenvalue weighted by Gasteiger charge is -2.06. The zero-order valence-corrected chi connectivity index (χ0v) is 11.8. The molecule has 0 saturated carbocycles. The largest absolute Gasteiger partial charge is 0.368 e. The highest BCUT2D eigenvalue weighted by molar-refractivity contribution is 5.86. The fraction of sp³-hybridized carbons (Fsp3) is 0.250. The number of hydrogen-bond acceptors (Lipinski definition) is 3. The Balaban J connectivity index is 1.71. The molecule has 0 aliphatic rings. The first-order valence-electron chi connectivity index (χ1n) is 6.82. The van der Waals surface area contributed by atoms with Crippen LogP contribution in [0.1, 0.15) is 16.8 Å². The summed E-state index contributed by atoms with van der Waals surface area (Å²) in [6, 6.07) is 6.35. The summed E-state index contributed by atoms with van der Waals surface area (Å²) in [7, 11) is 0. The van der Waals surface area contributed by atoms with E-state index in [1.165, 1.54) is 22.0 Å². The number of aromatic amines is 1. The van der Waals surface area contributed by atoms with Gasteiger partial charge in [0.15, 0.2) is 0 Å². The summed E-state index contributed by atoms with van der Waals surface area (Å²) in [6.07, 6.45) is 6.57. The van der Waals surface area contributed by atoms with Crippen LogP contribution in [-0.2, 0) is 6.42 Å². The molecule has 0 amide bonds. The van der Waals surface area contributed by atoms with Crippen molar-refractivity contribution in [2.75, 3.05) is 11.9 Å². The zero-order valence-electron chi connectivity index (χ0n) is 11.8. The molecule has 2 heterocycles. The molecule has 102 valence electrons. The molecule has 2 aromatic heterocycles. The third kappa shape index (κ3) is 2.50. The van der Waals surface area contributed by atoms with Gasteiger partial charge in [0, 0.05) is 29.8 Å². The highest BCUT2D eigenvalue weighted by atomic mass is 15.0. The molecule has 0 aliphatic carbocycles. The van der Waals surface area contributed by atoms with Gasteiger partial charge >= 0.3 is 0 Å². The van der Waals surface area contributed by atoms with E-state index in [0.717, 1.165) is 24.5 Å². The van der Waals surface area contributed by atoms with Crippen LogP contribution in [0.5, 0.6) is 0 Å². The van der Waals surface area contributed by atoms with Crippen molar-refractivity contribution in [1.82, 2.24) is 15.0 Å². The topological polar surface area (TPSA) is 53.6 Å². The first kappa shape index (κ1) is 12.7. The number of fused-ring (bicyclic) bond motifs is 1. The summed E-state index contributed by atoms with van der Waals surface area (Å²) in [5.74, 6) is 0.835. The minimum absolute atomic E-state index is 0.835. The van der Waals surface area contributed by atoms with Gasteiger partial charge in [-0.25, -0.2) is 4.98 Å². The first-order chi connectivity index (χ1) is 9.74. The van der Waals surface area contributed by atoms with E-state index in [4.69, 9.17) is 0 Å². The summed E-state index contributed by atoms with van der Waals surface area (Å²) in [5.41, 5.74) is 4.79. The molecule has 4 heteroatoms. The second-order valence-electron chi connectivity index (χ2n) is 5.03. The number of aromatic nitrogens is 3. The van der Waals surface area contributed by atoms with Gasteiger partial charge in [0.05, 0.1) is 11.9 Å². The molecule has 0 spiro atoms. The van der Waals surface area contributed by atoms with E-state index in [-0.39, 0.29) is 0 Å². The maximum Gasteiger partial charge on any atom is 0.144 e. The second-order valence-corrected chi connectivity index (χ2v) is 5.03. The van der Waals surface area contributed by atoms with Gasteiger partial charge in [-0.05, 0) is 37.5 Å². The second kappa shape index (κ2) is 5.33. The molecule has 0 unspecified atom stereocenters. The number of hydrogen-bond donors (Lipinski definition) is 2. The van der Waals surface area contributed by atoms with Gasteiger partial charge in [0.1, 0.15) is 5.82 Å². The van der Waals surface area contributed by atoms with Gasteiger partial charge < -0.3 is 10.3 Å². The van der Waals surface area contributed by atoms with Crippen LogP contribution >= 0.6 is 0 Å². The molecule has 0 bridgehead atoms. The standard InChI is InChI=1S/C16H18N4/c1-11-4-3-5-14-16(11)13(9-19-14)6-7-18-15-10-17-8-12(2)20-15/h3-5,8-10,19H,6-7H2,1-2H3,(H,18,20). The van der Waals surface area contributed by atoms with Crippen molar-refractivity contribution >= 4 is 16.7 Å². The van der Waals surface area contributed by atoms with Crippen molar-refractivity contribution in [2.45, 2.75) is 20.3 Å². The van der Waals surface area contributed by atoms with E-state index in [9.17, 15) is 0 Å². The summed E-state index contributed by atoms with van der Waals surface area (Å²) in [6.45, 7) is 4.94. The predicted molar refractivity (Wildman–Crippen MR) is 82.0 cm³/mol. The van der Waals surface area contributed by atoms with Crippen LogP contribution in [0.3, 0.4) is 0 Å². The summed E-state index contributed by atoms with van der Waals surface area (Å²) in [5, 5.41) is 4.66. The number of nitrogens with zero attached hydrogens (tertiary/aromatic N) is 2. The fourth-order valence-corrected chi connectivity index (χ4v) is 2.52. The highest BCUT2D eigenvalue weighted by Gasteiger charge is 2.05. The number of aryl methyl sites for hydroxylation is 2. The number of benzene rings is 1. The maximum atomic E-state index is 4.39. The van der Waals surface area contributed by atoms with Gasteiger partial charge in [0.2, 0.25) is 0 Å². The van der Waals surface area contributed by atoms with Crippen molar-refractivity contribution in [3.8, 4) is 0 Å². The SMILES string of the molecule is Cc1cncc(NCCc2c[nH]c3cccc(C)c23)n1. The van der Waals surface area contributed by atoms with Crippen LogP contribution in [0.25, 0.3) is 10.9 Å². The van der Waals surface area contributed by atoms with Crippen LogP contribution in [0, 0.1) is 13.8 Å². The van der Waals surface area contributed by atoms with Gasteiger partial charge in [-0.15, -0.1) is 0 Å². The van der Waals surface area contributed by atoms with Crippen molar-refractivity contribution < 1.29 is 0 Å².